The summed E-state index contributed by atoms with van der Waals surface area (Å²) in [4.78, 5) is 24.8. The molecule has 130 valence electrons. The fraction of sp³-hybridized carbons (Fsp3) is 0.579. The largest absolute Gasteiger partial charge is 0.514 e. The van der Waals surface area contributed by atoms with Crippen molar-refractivity contribution in [1.82, 2.24) is 0 Å². The number of carbonyl (C=O) groups is 2. The summed E-state index contributed by atoms with van der Waals surface area (Å²) in [5.74, 6) is -0.568. The zero-order valence-electron chi connectivity index (χ0n) is 14.6. The molecule has 2 aliphatic rings. The zero-order chi connectivity index (χ0) is 17.5. The molecule has 1 amide bonds. The van der Waals surface area contributed by atoms with E-state index in [1.165, 1.54) is 0 Å². The van der Waals surface area contributed by atoms with Crippen molar-refractivity contribution in [2.75, 3.05) is 0 Å². The van der Waals surface area contributed by atoms with Gasteiger partial charge in [0.2, 0.25) is 0 Å². The quantitative estimate of drug-likeness (QED) is 0.679. The molecule has 1 N–H and O–H groups in total. The molecule has 3 rings (SSSR count). The van der Waals surface area contributed by atoms with Gasteiger partial charge in [0.15, 0.2) is 0 Å². The lowest BCUT2D eigenvalue weighted by atomic mass is 9.89. The van der Waals surface area contributed by atoms with Crippen molar-refractivity contribution in [2.24, 2.45) is 5.92 Å². The number of hydrogen-bond acceptors (Lipinski definition) is 3. The number of hydrogen-bond donors (Lipinski definition) is 1. The molecule has 1 aromatic carbocycles. The van der Waals surface area contributed by atoms with Gasteiger partial charge in [0, 0.05) is 19.3 Å². The summed E-state index contributed by atoms with van der Waals surface area (Å²) in [6.45, 7) is 6.13. The maximum Gasteiger partial charge on any atom is 0.514 e. The molecule has 0 radical (unpaired) electrons. The molecule has 4 atom stereocenters. The smallest absolute Gasteiger partial charge is 0.460 e. The van der Waals surface area contributed by atoms with Crippen LogP contribution in [-0.4, -0.2) is 39.3 Å². The van der Waals surface area contributed by atoms with Crippen molar-refractivity contribution in [3.63, 3.8) is 0 Å². The van der Waals surface area contributed by atoms with Crippen molar-refractivity contribution in [1.29, 1.82) is 0 Å². The van der Waals surface area contributed by atoms with Crippen LogP contribution >= 0.6 is 0 Å². The normalized spacial score (nSPS) is 31.9. The third-order valence-corrected chi connectivity index (χ3v) is 5.84. The highest BCUT2D eigenvalue weighted by atomic mass is 16.5. The van der Waals surface area contributed by atoms with E-state index in [1.54, 1.807) is 0 Å². The Kier molecular flexibility index (Phi) is 4.16. The van der Waals surface area contributed by atoms with Crippen LogP contribution in [0.4, 0.5) is 4.79 Å². The van der Waals surface area contributed by atoms with Gasteiger partial charge < -0.3 is 9.84 Å². The van der Waals surface area contributed by atoms with Gasteiger partial charge in [0.05, 0.1) is 0 Å². The first-order valence-corrected chi connectivity index (χ1v) is 8.61. The van der Waals surface area contributed by atoms with Crippen LogP contribution in [0.25, 0.3) is 0 Å². The van der Waals surface area contributed by atoms with Crippen molar-refractivity contribution >= 4 is 12.1 Å². The number of carbonyl (C=O) groups excluding carboxylic acids is 1. The molecule has 2 saturated heterocycles. The Morgan fingerprint density at radius 2 is 1.88 bits per heavy atom. The van der Waals surface area contributed by atoms with E-state index < -0.39 is 11.6 Å². The average Bonchev–Trinajstić information content (AvgIpc) is 3.07. The molecule has 0 aromatic heterocycles. The van der Waals surface area contributed by atoms with Crippen LogP contribution in [0.15, 0.2) is 30.3 Å². The van der Waals surface area contributed by atoms with Crippen LogP contribution in [0, 0.1) is 5.92 Å². The minimum Gasteiger partial charge on any atom is -0.460 e. The molecule has 0 spiro atoms. The van der Waals surface area contributed by atoms with E-state index in [0.717, 1.165) is 18.4 Å². The number of amides is 1. The third-order valence-electron chi connectivity index (χ3n) is 5.84. The Morgan fingerprint density at radius 3 is 2.42 bits per heavy atom. The molecular formula is C19H26NO4+. The fourth-order valence-electron chi connectivity index (χ4n) is 4.98. The predicted molar refractivity (Wildman–Crippen MR) is 89.2 cm³/mol. The standard InChI is InChI=1S/C19H25NO4/c1-19(2,3)20(18(22)23)14-9-10-16(20)15(11-14)17(21)24-12-13-7-5-4-6-8-13/h4-8,14-16H,9-12H2,1-3H3/p+1. The lowest BCUT2D eigenvalue weighted by molar-refractivity contribution is -0.924. The Balaban J connectivity index is 1.77. The first-order valence-electron chi connectivity index (χ1n) is 8.61. The van der Waals surface area contributed by atoms with Gasteiger partial charge in [0.25, 0.3) is 0 Å². The number of quaternary nitrogens is 1. The van der Waals surface area contributed by atoms with E-state index in [1.807, 2.05) is 51.1 Å². The van der Waals surface area contributed by atoms with Crippen LogP contribution in [-0.2, 0) is 16.1 Å². The topological polar surface area (TPSA) is 63.6 Å². The predicted octanol–water partition coefficient (Wildman–Crippen LogP) is 3.57. The van der Waals surface area contributed by atoms with Crippen molar-refractivity contribution in [3.8, 4) is 0 Å². The van der Waals surface area contributed by atoms with Gasteiger partial charge in [-0.05, 0) is 26.3 Å². The van der Waals surface area contributed by atoms with E-state index in [4.69, 9.17) is 4.74 Å². The molecule has 1 aromatic rings. The van der Waals surface area contributed by atoms with E-state index >= 15 is 0 Å². The molecule has 0 aliphatic carbocycles. The number of fused-ring (bicyclic) bond motifs is 2. The monoisotopic (exact) mass is 332 g/mol. The van der Waals surface area contributed by atoms with Gasteiger partial charge in [0.1, 0.15) is 30.1 Å². The maximum absolute atomic E-state index is 12.6. The van der Waals surface area contributed by atoms with Gasteiger partial charge >= 0.3 is 12.1 Å². The average molecular weight is 332 g/mol. The summed E-state index contributed by atoms with van der Waals surface area (Å²) in [6.07, 6.45) is 1.45. The van der Waals surface area contributed by atoms with E-state index in [9.17, 15) is 14.7 Å². The second kappa shape index (κ2) is 5.88. The van der Waals surface area contributed by atoms with Crippen LogP contribution < -0.4 is 0 Å². The zero-order valence-corrected chi connectivity index (χ0v) is 14.6. The van der Waals surface area contributed by atoms with Gasteiger partial charge in [-0.15, -0.1) is 0 Å². The minimum absolute atomic E-state index is 0.00164. The molecule has 5 heteroatoms. The highest BCUT2D eigenvalue weighted by molar-refractivity contribution is 5.75. The molecule has 2 heterocycles. The second-order valence-electron chi connectivity index (χ2n) is 7.96. The van der Waals surface area contributed by atoms with E-state index in [0.29, 0.717) is 6.42 Å². The summed E-state index contributed by atoms with van der Waals surface area (Å²) >= 11 is 0. The van der Waals surface area contributed by atoms with Gasteiger partial charge in [-0.3, -0.25) is 4.79 Å². The first-order chi connectivity index (χ1) is 11.3. The van der Waals surface area contributed by atoms with Gasteiger partial charge in [-0.2, -0.15) is 4.79 Å². The summed E-state index contributed by atoms with van der Waals surface area (Å²) in [7, 11) is 0. The van der Waals surface area contributed by atoms with Crippen molar-refractivity contribution in [3.05, 3.63) is 35.9 Å². The maximum atomic E-state index is 12.6. The molecule has 2 bridgehead atoms. The fourth-order valence-corrected chi connectivity index (χ4v) is 4.98. The van der Waals surface area contributed by atoms with Crippen LogP contribution in [0.1, 0.15) is 45.6 Å². The van der Waals surface area contributed by atoms with Crippen molar-refractivity contribution in [2.45, 2.75) is 64.3 Å². The number of benzene rings is 1. The van der Waals surface area contributed by atoms with Crippen LogP contribution in [0.2, 0.25) is 0 Å². The number of nitrogens with zero attached hydrogens (tertiary/aromatic N) is 1. The van der Waals surface area contributed by atoms with Gasteiger partial charge in [-0.1, -0.05) is 30.3 Å². The van der Waals surface area contributed by atoms with Crippen LogP contribution in [0.3, 0.4) is 0 Å². The minimum atomic E-state index is -0.812. The van der Waals surface area contributed by atoms with Gasteiger partial charge in [-0.25, -0.2) is 4.48 Å². The lowest BCUT2D eigenvalue weighted by Gasteiger charge is -2.44. The SMILES string of the molecule is CC(C)(C)[N+]1(C(=O)O)C2CCC1C(C(=O)OCc1ccccc1)C2. The molecule has 4 unspecified atom stereocenters. The molecule has 2 aliphatic heterocycles. The Bertz CT molecular complexity index is 637. The third kappa shape index (κ3) is 2.42. The number of carboxylic acid groups (broad SMARTS) is 1. The Hall–Kier alpha value is -1.88. The highest BCUT2D eigenvalue weighted by Crippen LogP contribution is 2.53. The summed E-state index contributed by atoms with van der Waals surface area (Å²) < 4.78 is 5.51. The van der Waals surface area contributed by atoms with Crippen LogP contribution in [0.5, 0.6) is 0 Å². The summed E-state index contributed by atoms with van der Waals surface area (Å²) in [5, 5.41) is 10.0. The molecule has 5 nitrogen and oxygen atoms in total. The molecule has 2 fully saturated rings. The molecule has 24 heavy (non-hydrogen) atoms. The number of ether oxygens (including phenoxy) is 1. The highest BCUT2D eigenvalue weighted by Gasteiger charge is 2.70. The van der Waals surface area contributed by atoms with E-state index in [-0.39, 0.29) is 35.1 Å². The second-order valence-corrected chi connectivity index (χ2v) is 7.96. The van der Waals surface area contributed by atoms with Crippen molar-refractivity contribution < 1.29 is 23.9 Å². The summed E-state index contributed by atoms with van der Waals surface area (Å²) in [6, 6.07) is 9.39. The number of esters is 1. The summed E-state index contributed by atoms with van der Waals surface area (Å²) in [5.41, 5.74) is 0.510. The first kappa shape index (κ1) is 17.0. The Morgan fingerprint density at radius 1 is 1.21 bits per heavy atom. The Labute approximate surface area is 142 Å². The lowest BCUT2D eigenvalue weighted by Crippen LogP contribution is -2.66. The molecular weight excluding hydrogens is 306 g/mol. The molecule has 0 saturated carbocycles. The van der Waals surface area contributed by atoms with E-state index in [2.05, 4.69) is 0 Å². The number of rotatable bonds is 3.